The Balaban J connectivity index is 1.41. The van der Waals surface area contributed by atoms with Crippen LogP contribution in [0.25, 0.3) is 11.3 Å². The number of aromatic nitrogens is 6. The van der Waals surface area contributed by atoms with Gasteiger partial charge in [0.15, 0.2) is 11.3 Å². The predicted octanol–water partition coefficient (Wildman–Crippen LogP) is 1.84. The van der Waals surface area contributed by atoms with Gasteiger partial charge in [-0.05, 0) is 50.5 Å². The summed E-state index contributed by atoms with van der Waals surface area (Å²) in [4.78, 5) is 36.6. The summed E-state index contributed by atoms with van der Waals surface area (Å²) < 4.78 is 3.41. The maximum absolute atomic E-state index is 12.6. The van der Waals surface area contributed by atoms with Gasteiger partial charge in [0.1, 0.15) is 19.0 Å². The van der Waals surface area contributed by atoms with Crippen LogP contribution in [-0.4, -0.2) is 40.9 Å². The molecular formula is C22H24N8O2. The van der Waals surface area contributed by atoms with Gasteiger partial charge < -0.3 is 11.1 Å². The van der Waals surface area contributed by atoms with Crippen molar-refractivity contribution in [1.82, 2.24) is 34.4 Å². The summed E-state index contributed by atoms with van der Waals surface area (Å²) in [5, 5.41) is 7.15. The number of nitrogens with two attached hydrogens (primary N) is 1. The van der Waals surface area contributed by atoms with Crippen molar-refractivity contribution in [3.63, 3.8) is 0 Å². The van der Waals surface area contributed by atoms with E-state index in [1.165, 1.54) is 12.7 Å². The zero-order chi connectivity index (χ0) is 22.8. The van der Waals surface area contributed by atoms with Crippen molar-refractivity contribution in [2.75, 3.05) is 0 Å². The SMILES string of the molecule is Cc1nc2c(C(N)=O)ncn2c(C)c1CCC(=O)N[C@@H](C)c1ccc(-n2cncn2)cc1. The van der Waals surface area contributed by atoms with E-state index in [9.17, 15) is 9.59 Å². The summed E-state index contributed by atoms with van der Waals surface area (Å²) in [5.74, 6) is -0.672. The van der Waals surface area contributed by atoms with Crippen molar-refractivity contribution < 1.29 is 9.59 Å². The molecule has 10 heteroatoms. The van der Waals surface area contributed by atoms with Gasteiger partial charge >= 0.3 is 0 Å². The molecule has 3 aromatic heterocycles. The standard InChI is InChI=1S/C22H24N8O2/c1-13(16-4-6-17(7-5-16)30-11-24-10-26-30)27-19(31)9-8-18-14(2)28-22-20(21(23)32)25-12-29(22)15(18)3/h4-7,10-13H,8-9H2,1-3H3,(H2,23,32)(H,27,31)/t13-/m0/s1. The van der Waals surface area contributed by atoms with Gasteiger partial charge in [-0.1, -0.05) is 12.1 Å². The third kappa shape index (κ3) is 4.07. The van der Waals surface area contributed by atoms with Crippen LogP contribution in [0.2, 0.25) is 0 Å². The third-order valence-corrected chi connectivity index (χ3v) is 5.54. The van der Waals surface area contributed by atoms with Crippen LogP contribution in [0.1, 0.15) is 52.4 Å². The van der Waals surface area contributed by atoms with Crippen LogP contribution in [-0.2, 0) is 11.2 Å². The predicted molar refractivity (Wildman–Crippen MR) is 117 cm³/mol. The number of nitrogens with one attached hydrogen (secondary N) is 1. The Kier molecular flexibility index (Phi) is 5.67. The molecule has 2 amide bonds. The number of hydrogen-bond acceptors (Lipinski definition) is 6. The molecule has 164 valence electrons. The number of primary amides is 1. The second-order valence-corrected chi connectivity index (χ2v) is 7.63. The summed E-state index contributed by atoms with van der Waals surface area (Å²) in [5.41, 5.74) is 10.4. The summed E-state index contributed by atoms with van der Waals surface area (Å²) in [6.45, 7) is 5.72. The van der Waals surface area contributed by atoms with E-state index in [1.54, 1.807) is 15.4 Å². The lowest BCUT2D eigenvalue weighted by atomic mass is 10.0. The quantitative estimate of drug-likeness (QED) is 0.458. The summed E-state index contributed by atoms with van der Waals surface area (Å²) in [7, 11) is 0. The number of amides is 2. The summed E-state index contributed by atoms with van der Waals surface area (Å²) in [6.07, 6.45) is 5.49. The lowest BCUT2D eigenvalue weighted by Crippen LogP contribution is -2.27. The van der Waals surface area contributed by atoms with Crippen molar-refractivity contribution in [3.8, 4) is 5.69 Å². The molecule has 0 bridgehead atoms. The second-order valence-electron chi connectivity index (χ2n) is 7.63. The van der Waals surface area contributed by atoms with Gasteiger partial charge in [-0.2, -0.15) is 5.10 Å². The average Bonchev–Trinajstić information content (AvgIpc) is 3.44. The molecule has 0 saturated carbocycles. The first kappa shape index (κ1) is 21.2. The molecule has 32 heavy (non-hydrogen) atoms. The highest BCUT2D eigenvalue weighted by Gasteiger charge is 2.18. The van der Waals surface area contributed by atoms with E-state index >= 15 is 0 Å². The van der Waals surface area contributed by atoms with Crippen molar-refractivity contribution >= 4 is 17.5 Å². The smallest absolute Gasteiger partial charge is 0.271 e. The number of rotatable bonds is 7. The largest absolute Gasteiger partial charge is 0.364 e. The fraction of sp³-hybridized carbons (Fsp3) is 0.273. The minimum absolute atomic E-state index is 0.0554. The Morgan fingerprint density at radius 1 is 1.16 bits per heavy atom. The number of imidazole rings is 1. The Bertz CT molecular complexity index is 1280. The van der Waals surface area contributed by atoms with E-state index < -0.39 is 5.91 Å². The molecule has 0 fully saturated rings. The lowest BCUT2D eigenvalue weighted by Gasteiger charge is -2.16. The monoisotopic (exact) mass is 432 g/mol. The Morgan fingerprint density at radius 2 is 1.91 bits per heavy atom. The molecule has 10 nitrogen and oxygen atoms in total. The Morgan fingerprint density at radius 3 is 2.56 bits per heavy atom. The average molecular weight is 432 g/mol. The number of nitrogens with zero attached hydrogens (tertiary/aromatic N) is 6. The van der Waals surface area contributed by atoms with Gasteiger partial charge in [-0.25, -0.2) is 19.6 Å². The van der Waals surface area contributed by atoms with Crippen molar-refractivity contribution in [2.45, 2.75) is 39.7 Å². The van der Waals surface area contributed by atoms with E-state index in [2.05, 4.69) is 25.4 Å². The molecule has 0 unspecified atom stereocenters. The molecule has 4 aromatic rings. The highest BCUT2D eigenvalue weighted by Crippen LogP contribution is 2.19. The minimum Gasteiger partial charge on any atom is -0.364 e. The highest BCUT2D eigenvalue weighted by molar-refractivity contribution is 5.96. The molecule has 0 radical (unpaired) electrons. The van der Waals surface area contributed by atoms with E-state index in [1.807, 2.05) is 45.0 Å². The maximum Gasteiger partial charge on any atom is 0.271 e. The number of aryl methyl sites for hydroxylation is 2. The molecule has 4 rings (SSSR count). The Labute approximate surface area is 184 Å². The van der Waals surface area contributed by atoms with Crippen molar-refractivity contribution in [1.29, 1.82) is 0 Å². The topological polar surface area (TPSA) is 133 Å². The van der Waals surface area contributed by atoms with E-state index in [-0.39, 0.29) is 17.6 Å². The molecule has 0 aliphatic rings. The molecule has 3 N–H and O–H groups in total. The van der Waals surface area contributed by atoms with E-state index in [4.69, 9.17) is 5.73 Å². The molecule has 1 aromatic carbocycles. The second kappa shape index (κ2) is 8.58. The fourth-order valence-corrected chi connectivity index (χ4v) is 3.76. The normalized spacial score (nSPS) is 12.1. The molecule has 1 atom stereocenters. The molecule has 3 heterocycles. The van der Waals surface area contributed by atoms with E-state index in [0.29, 0.717) is 18.5 Å². The number of fused-ring (bicyclic) bond motifs is 1. The number of carbonyl (C=O) groups is 2. The molecule has 0 spiro atoms. The zero-order valence-corrected chi connectivity index (χ0v) is 18.1. The zero-order valence-electron chi connectivity index (χ0n) is 18.1. The van der Waals surface area contributed by atoms with Crippen molar-refractivity contribution in [2.24, 2.45) is 5.73 Å². The van der Waals surface area contributed by atoms with Crippen LogP contribution in [0, 0.1) is 13.8 Å². The summed E-state index contributed by atoms with van der Waals surface area (Å²) >= 11 is 0. The number of hydrogen-bond donors (Lipinski definition) is 2. The first-order valence-electron chi connectivity index (χ1n) is 10.2. The molecule has 0 aliphatic heterocycles. The maximum atomic E-state index is 12.6. The Hall–Kier alpha value is -4.08. The lowest BCUT2D eigenvalue weighted by molar-refractivity contribution is -0.121. The van der Waals surface area contributed by atoms with Crippen LogP contribution in [0.5, 0.6) is 0 Å². The van der Waals surface area contributed by atoms with Crippen LogP contribution in [0.15, 0.2) is 43.2 Å². The minimum atomic E-state index is -0.616. The highest BCUT2D eigenvalue weighted by atomic mass is 16.2. The van der Waals surface area contributed by atoms with Crippen LogP contribution in [0.3, 0.4) is 0 Å². The molecule has 0 aliphatic carbocycles. The van der Waals surface area contributed by atoms with Crippen LogP contribution >= 0.6 is 0 Å². The van der Waals surface area contributed by atoms with Gasteiger partial charge in [0.25, 0.3) is 5.91 Å². The van der Waals surface area contributed by atoms with Gasteiger partial charge in [0, 0.05) is 17.8 Å². The summed E-state index contributed by atoms with van der Waals surface area (Å²) in [6, 6.07) is 7.66. The van der Waals surface area contributed by atoms with E-state index in [0.717, 1.165) is 28.2 Å². The van der Waals surface area contributed by atoms with Gasteiger partial charge in [-0.15, -0.1) is 0 Å². The first-order valence-corrected chi connectivity index (χ1v) is 10.2. The fourth-order valence-electron chi connectivity index (χ4n) is 3.76. The van der Waals surface area contributed by atoms with Gasteiger partial charge in [0.05, 0.1) is 11.7 Å². The van der Waals surface area contributed by atoms with Crippen LogP contribution < -0.4 is 11.1 Å². The molecule has 0 saturated heterocycles. The first-order chi connectivity index (χ1) is 15.3. The van der Waals surface area contributed by atoms with Crippen LogP contribution in [0.4, 0.5) is 0 Å². The number of benzene rings is 1. The number of carbonyl (C=O) groups excluding carboxylic acids is 2. The van der Waals surface area contributed by atoms with Gasteiger partial charge in [-0.3, -0.25) is 14.0 Å². The molecular weight excluding hydrogens is 408 g/mol. The third-order valence-electron chi connectivity index (χ3n) is 5.54. The van der Waals surface area contributed by atoms with Gasteiger partial charge in [0.2, 0.25) is 5.91 Å². The van der Waals surface area contributed by atoms with Crippen molar-refractivity contribution in [3.05, 3.63) is 71.5 Å².